The molecule has 1 aliphatic rings. The lowest BCUT2D eigenvalue weighted by Gasteiger charge is -2.14. The number of amides is 2. The molecule has 2 aromatic carbocycles. The Morgan fingerprint density at radius 3 is 2.94 bits per heavy atom. The standard InChI is InChI=1S/C23H23N5O3/c1-31-20-8-4-7-19-17(20)9-11-27(19)12-10-24-23(30)15-13-21(29)28(14-15)22-16-5-2-3-6-18(16)25-26-22/h2-9,11,15H,10,12-14H2,1H3,(H,24,30)(H,25,26)/t15-/m1/s1. The first kappa shape index (κ1) is 19.2. The Kier molecular flexibility index (Phi) is 4.82. The molecule has 0 bridgehead atoms. The van der Waals surface area contributed by atoms with Gasteiger partial charge in [-0.3, -0.25) is 19.6 Å². The van der Waals surface area contributed by atoms with Gasteiger partial charge in [0, 0.05) is 43.0 Å². The predicted octanol–water partition coefficient (Wildman–Crippen LogP) is 2.70. The minimum Gasteiger partial charge on any atom is -0.496 e. The number of nitrogens with one attached hydrogen (secondary N) is 2. The number of hydrogen-bond acceptors (Lipinski definition) is 4. The third-order valence-electron chi connectivity index (χ3n) is 5.85. The van der Waals surface area contributed by atoms with Gasteiger partial charge in [-0.25, -0.2) is 0 Å². The van der Waals surface area contributed by atoms with Gasteiger partial charge in [-0.05, 0) is 30.3 Å². The van der Waals surface area contributed by atoms with Crippen molar-refractivity contribution in [1.29, 1.82) is 0 Å². The first-order valence-corrected chi connectivity index (χ1v) is 10.3. The van der Waals surface area contributed by atoms with E-state index < -0.39 is 0 Å². The van der Waals surface area contributed by atoms with Gasteiger partial charge in [0.2, 0.25) is 11.8 Å². The molecule has 1 aliphatic heterocycles. The molecule has 3 heterocycles. The summed E-state index contributed by atoms with van der Waals surface area (Å²) in [6.07, 6.45) is 2.18. The van der Waals surface area contributed by atoms with E-state index in [4.69, 9.17) is 4.74 Å². The van der Waals surface area contributed by atoms with Gasteiger partial charge in [0.1, 0.15) is 5.75 Å². The third kappa shape index (κ3) is 3.39. The molecule has 0 saturated carbocycles. The van der Waals surface area contributed by atoms with E-state index in [1.807, 2.05) is 54.7 Å². The number of nitrogens with zero attached hydrogens (tertiary/aromatic N) is 3. The lowest BCUT2D eigenvalue weighted by molar-refractivity contribution is -0.126. The Balaban J connectivity index is 1.22. The quantitative estimate of drug-likeness (QED) is 0.505. The molecular weight excluding hydrogens is 394 g/mol. The topological polar surface area (TPSA) is 92.2 Å². The Morgan fingerprint density at radius 1 is 1.19 bits per heavy atom. The van der Waals surface area contributed by atoms with Crippen molar-refractivity contribution in [1.82, 2.24) is 20.1 Å². The third-order valence-corrected chi connectivity index (χ3v) is 5.85. The van der Waals surface area contributed by atoms with E-state index in [-0.39, 0.29) is 24.2 Å². The molecule has 0 spiro atoms. The highest BCUT2D eigenvalue weighted by Crippen LogP contribution is 2.30. The molecule has 5 rings (SSSR count). The zero-order valence-corrected chi connectivity index (χ0v) is 17.2. The van der Waals surface area contributed by atoms with Crippen molar-refractivity contribution in [3.05, 3.63) is 54.7 Å². The second-order valence-electron chi connectivity index (χ2n) is 7.69. The molecule has 1 atom stereocenters. The molecule has 1 saturated heterocycles. The Bertz CT molecular complexity index is 1270. The zero-order valence-electron chi connectivity index (χ0n) is 17.2. The molecule has 0 radical (unpaired) electrons. The van der Waals surface area contributed by atoms with Gasteiger partial charge in [0.05, 0.1) is 24.1 Å². The van der Waals surface area contributed by atoms with E-state index >= 15 is 0 Å². The summed E-state index contributed by atoms with van der Waals surface area (Å²) >= 11 is 0. The normalized spacial score (nSPS) is 16.4. The zero-order chi connectivity index (χ0) is 21.4. The van der Waals surface area contributed by atoms with Crippen LogP contribution in [0.5, 0.6) is 5.75 Å². The maximum absolute atomic E-state index is 12.7. The average Bonchev–Trinajstić information content (AvgIpc) is 3.50. The van der Waals surface area contributed by atoms with E-state index in [9.17, 15) is 9.59 Å². The van der Waals surface area contributed by atoms with E-state index in [0.29, 0.717) is 25.5 Å². The fourth-order valence-corrected chi connectivity index (χ4v) is 4.25. The van der Waals surface area contributed by atoms with Crippen molar-refractivity contribution in [2.75, 3.05) is 25.1 Å². The van der Waals surface area contributed by atoms with Crippen LogP contribution in [-0.4, -0.2) is 46.8 Å². The summed E-state index contributed by atoms with van der Waals surface area (Å²) in [6.45, 7) is 1.45. The van der Waals surface area contributed by atoms with Gasteiger partial charge >= 0.3 is 0 Å². The van der Waals surface area contributed by atoms with Crippen LogP contribution in [0.15, 0.2) is 54.7 Å². The molecular formula is C23H23N5O3. The molecule has 2 N–H and O–H groups in total. The van der Waals surface area contributed by atoms with Crippen molar-refractivity contribution in [3.8, 4) is 5.75 Å². The van der Waals surface area contributed by atoms with E-state index in [0.717, 1.165) is 27.6 Å². The van der Waals surface area contributed by atoms with Gasteiger partial charge < -0.3 is 14.6 Å². The number of para-hydroxylation sites is 1. The number of carbonyl (C=O) groups excluding carboxylic acids is 2. The molecule has 2 amide bonds. The average molecular weight is 417 g/mol. The number of fused-ring (bicyclic) bond motifs is 2. The number of aromatic nitrogens is 3. The van der Waals surface area contributed by atoms with Crippen molar-refractivity contribution >= 4 is 39.4 Å². The molecule has 2 aromatic heterocycles. The molecule has 0 unspecified atom stereocenters. The van der Waals surface area contributed by atoms with Crippen molar-refractivity contribution < 1.29 is 14.3 Å². The number of anilines is 1. The molecule has 31 heavy (non-hydrogen) atoms. The van der Waals surface area contributed by atoms with Crippen molar-refractivity contribution in [2.45, 2.75) is 13.0 Å². The first-order chi connectivity index (χ1) is 15.2. The Morgan fingerprint density at radius 2 is 2.06 bits per heavy atom. The van der Waals surface area contributed by atoms with Crippen molar-refractivity contribution in [2.24, 2.45) is 5.92 Å². The molecule has 8 heteroatoms. The number of H-pyrrole nitrogens is 1. The van der Waals surface area contributed by atoms with Gasteiger partial charge in [-0.2, -0.15) is 5.10 Å². The summed E-state index contributed by atoms with van der Waals surface area (Å²) in [4.78, 5) is 26.9. The second-order valence-corrected chi connectivity index (χ2v) is 7.69. The summed E-state index contributed by atoms with van der Waals surface area (Å²) in [5.74, 6) is 0.842. The number of aromatic amines is 1. The second kappa shape index (κ2) is 7.79. The lowest BCUT2D eigenvalue weighted by atomic mass is 10.1. The number of carbonyl (C=O) groups is 2. The maximum Gasteiger partial charge on any atom is 0.229 e. The SMILES string of the molecule is COc1cccc2c1ccn2CCNC(=O)[C@@H]1CC(=O)N(c2n[nH]c3ccccc23)C1. The summed E-state index contributed by atoms with van der Waals surface area (Å²) in [5, 5.41) is 12.1. The van der Waals surface area contributed by atoms with Gasteiger partial charge in [-0.1, -0.05) is 18.2 Å². The predicted molar refractivity (Wildman–Crippen MR) is 118 cm³/mol. The van der Waals surface area contributed by atoms with Crippen LogP contribution in [0.3, 0.4) is 0 Å². The van der Waals surface area contributed by atoms with Gasteiger partial charge in [0.15, 0.2) is 5.82 Å². The Labute approximate surface area is 178 Å². The fraction of sp³-hybridized carbons (Fsp3) is 0.261. The lowest BCUT2D eigenvalue weighted by Crippen LogP contribution is -2.34. The van der Waals surface area contributed by atoms with Crippen LogP contribution in [0.2, 0.25) is 0 Å². The van der Waals surface area contributed by atoms with Crippen LogP contribution in [0, 0.1) is 5.92 Å². The van der Waals surface area contributed by atoms with Crippen LogP contribution >= 0.6 is 0 Å². The number of rotatable bonds is 6. The minimum absolute atomic E-state index is 0.0825. The van der Waals surface area contributed by atoms with E-state index in [2.05, 4.69) is 20.1 Å². The van der Waals surface area contributed by atoms with Crippen LogP contribution < -0.4 is 15.0 Å². The summed E-state index contributed by atoms with van der Waals surface area (Å²) in [6, 6.07) is 15.6. The molecule has 4 aromatic rings. The van der Waals surface area contributed by atoms with Crippen LogP contribution in [-0.2, 0) is 16.1 Å². The molecule has 158 valence electrons. The van der Waals surface area contributed by atoms with Crippen LogP contribution in [0.4, 0.5) is 5.82 Å². The van der Waals surface area contributed by atoms with Crippen molar-refractivity contribution in [3.63, 3.8) is 0 Å². The number of methoxy groups -OCH3 is 1. The molecule has 0 aliphatic carbocycles. The minimum atomic E-state index is -0.385. The Hall–Kier alpha value is -3.81. The number of hydrogen-bond donors (Lipinski definition) is 2. The molecule has 8 nitrogen and oxygen atoms in total. The first-order valence-electron chi connectivity index (χ1n) is 10.3. The van der Waals surface area contributed by atoms with E-state index in [1.54, 1.807) is 12.0 Å². The highest BCUT2D eigenvalue weighted by Gasteiger charge is 2.36. The monoisotopic (exact) mass is 417 g/mol. The maximum atomic E-state index is 12.7. The smallest absolute Gasteiger partial charge is 0.229 e. The highest BCUT2D eigenvalue weighted by atomic mass is 16.5. The van der Waals surface area contributed by atoms with Crippen LogP contribution in [0.1, 0.15) is 6.42 Å². The van der Waals surface area contributed by atoms with E-state index in [1.165, 1.54) is 0 Å². The molecule has 1 fully saturated rings. The van der Waals surface area contributed by atoms with Gasteiger partial charge in [0.25, 0.3) is 0 Å². The summed E-state index contributed by atoms with van der Waals surface area (Å²) in [5.41, 5.74) is 1.93. The number of ether oxygens (including phenoxy) is 1. The summed E-state index contributed by atoms with van der Waals surface area (Å²) in [7, 11) is 1.66. The van der Waals surface area contributed by atoms with Crippen LogP contribution in [0.25, 0.3) is 21.8 Å². The largest absolute Gasteiger partial charge is 0.496 e. The summed E-state index contributed by atoms with van der Waals surface area (Å²) < 4.78 is 7.48. The highest BCUT2D eigenvalue weighted by molar-refractivity contribution is 6.05. The number of benzene rings is 2. The van der Waals surface area contributed by atoms with Gasteiger partial charge in [-0.15, -0.1) is 0 Å². The fourth-order valence-electron chi connectivity index (χ4n) is 4.25.